The van der Waals surface area contributed by atoms with Crippen LogP contribution < -0.4 is 10.7 Å². The smallest absolute Gasteiger partial charge is 0.360 e. The first-order valence-corrected chi connectivity index (χ1v) is 7.89. The number of pyridine rings is 1. The molecular weight excluding hydrogens is 369 g/mol. The Morgan fingerprint density at radius 2 is 1.88 bits per heavy atom. The number of H-pyrrole nitrogens is 1. The molecule has 0 fully saturated rings. The monoisotopic (exact) mass is 380 g/mol. The maximum absolute atomic E-state index is 12.8. The molecule has 2 N–H and O–H groups in total. The predicted octanol–water partition coefficient (Wildman–Crippen LogP) is 4.13. The number of alkyl halides is 3. The molecule has 0 atom stereocenters. The molecule has 0 aliphatic rings. The Bertz CT molecular complexity index is 1040. The molecule has 1 amide bonds. The van der Waals surface area contributed by atoms with Crippen molar-refractivity contribution in [3.05, 3.63) is 80.6 Å². The van der Waals surface area contributed by atoms with Crippen LogP contribution in [-0.4, -0.2) is 10.9 Å². The van der Waals surface area contributed by atoms with E-state index in [1.165, 1.54) is 0 Å². The van der Waals surface area contributed by atoms with Crippen molar-refractivity contribution in [2.45, 2.75) is 12.7 Å². The number of hydrogen-bond acceptors (Lipinski definition) is 2. The second-order valence-corrected chi connectivity index (χ2v) is 5.97. The predicted molar refractivity (Wildman–Crippen MR) is 92.2 cm³/mol. The summed E-state index contributed by atoms with van der Waals surface area (Å²) in [5.74, 6) is -0.645. The number of carbonyl (C=O) groups excluding carboxylic acids is 1. The Balaban J connectivity index is 1.88. The Hall–Kier alpha value is -2.80. The highest BCUT2D eigenvalue weighted by Gasteiger charge is 2.30. The maximum atomic E-state index is 12.8. The second kappa shape index (κ2) is 6.84. The summed E-state index contributed by atoms with van der Waals surface area (Å²) in [6.45, 7) is 0.114. The first-order chi connectivity index (χ1) is 12.3. The normalized spacial score (nSPS) is 11.5. The number of carbonyl (C=O) groups is 1. The molecule has 3 aromatic rings. The molecule has 8 heteroatoms. The molecule has 1 aromatic heterocycles. The molecule has 0 spiro atoms. The van der Waals surface area contributed by atoms with E-state index in [1.54, 1.807) is 24.3 Å². The van der Waals surface area contributed by atoms with Gasteiger partial charge in [0.15, 0.2) is 0 Å². The highest BCUT2D eigenvalue weighted by atomic mass is 35.5. The van der Waals surface area contributed by atoms with Gasteiger partial charge in [0.1, 0.15) is 5.56 Å². The lowest BCUT2D eigenvalue weighted by atomic mass is 10.1. The summed E-state index contributed by atoms with van der Waals surface area (Å²) in [5, 5.41) is 3.05. The fraction of sp³-hybridized carbons (Fsp3) is 0.111. The molecule has 0 saturated heterocycles. The minimum atomic E-state index is -4.52. The molecule has 0 aliphatic heterocycles. The molecule has 2 aromatic carbocycles. The second-order valence-electron chi connectivity index (χ2n) is 5.56. The number of benzene rings is 2. The van der Waals surface area contributed by atoms with Crippen LogP contribution >= 0.6 is 11.6 Å². The van der Waals surface area contributed by atoms with Gasteiger partial charge in [0.25, 0.3) is 5.91 Å². The number of amides is 1. The number of aromatic nitrogens is 1. The van der Waals surface area contributed by atoms with Gasteiger partial charge in [-0.2, -0.15) is 13.2 Å². The average Bonchev–Trinajstić information content (AvgIpc) is 2.60. The van der Waals surface area contributed by atoms with Gasteiger partial charge in [0.05, 0.1) is 5.56 Å². The summed E-state index contributed by atoms with van der Waals surface area (Å²) < 4.78 is 38.3. The lowest BCUT2D eigenvalue weighted by molar-refractivity contribution is -0.137. The van der Waals surface area contributed by atoms with Crippen molar-refractivity contribution in [2.24, 2.45) is 0 Å². The van der Waals surface area contributed by atoms with Crippen molar-refractivity contribution in [1.29, 1.82) is 0 Å². The highest BCUT2D eigenvalue weighted by molar-refractivity contribution is 6.31. The van der Waals surface area contributed by atoms with E-state index >= 15 is 0 Å². The van der Waals surface area contributed by atoms with Crippen LogP contribution in [0.1, 0.15) is 21.5 Å². The fourth-order valence-corrected chi connectivity index (χ4v) is 2.68. The summed E-state index contributed by atoms with van der Waals surface area (Å²) in [5.41, 5.74) is -1.04. The quantitative estimate of drug-likeness (QED) is 0.717. The SMILES string of the molecule is O=C(NCc1ccccc1Cl)c1c[nH]c2cc(C(F)(F)F)ccc2c1=O. The lowest BCUT2D eigenvalue weighted by Crippen LogP contribution is -2.28. The van der Waals surface area contributed by atoms with Crippen LogP contribution in [0.5, 0.6) is 0 Å². The van der Waals surface area contributed by atoms with Crippen molar-refractivity contribution in [1.82, 2.24) is 10.3 Å². The van der Waals surface area contributed by atoms with E-state index in [0.717, 1.165) is 24.4 Å². The third kappa shape index (κ3) is 3.57. The van der Waals surface area contributed by atoms with E-state index in [2.05, 4.69) is 10.3 Å². The minimum Gasteiger partial charge on any atom is -0.360 e. The van der Waals surface area contributed by atoms with Crippen LogP contribution in [-0.2, 0) is 12.7 Å². The van der Waals surface area contributed by atoms with Gasteiger partial charge in [-0.1, -0.05) is 29.8 Å². The van der Waals surface area contributed by atoms with Gasteiger partial charge in [-0.15, -0.1) is 0 Å². The van der Waals surface area contributed by atoms with Gasteiger partial charge < -0.3 is 10.3 Å². The van der Waals surface area contributed by atoms with Crippen molar-refractivity contribution in [3.8, 4) is 0 Å². The van der Waals surface area contributed by atoms with E-state index in [9.17, 15) is 22.8 Å². The maximum Gasteiger partial charge on any atom is 0.416 e. The summed E-state index contributed by atoms with van der Waals surface area (Å²) in [6, 6.07) is 9.61. The molecular formula is C18H12ClF3N2O2. The molecule has 0 saturated carbocycles. The zero-order chi connectivity index (χ0) is 18.9. The van der Waals surface area contributed by atoms with Gasteiger partial charge >= 0.3 is 6.18 Å². The van der Waals surface area contributed by atoms with E-state index in [0.29, 0.717) is 10.6 Å². The van der Waals surface area contributed by atoms with Gasteiger partial charge in [0.2, 0.25) is 5.43 Å². The summed E-state index contributed by atoms with van der Waals surface area (Å²) in [7, 11) is 0. The van der Waals surface area contributed by atoms with E-state index in [4.69, 9.17) is 11.6 Å². The largest absolute Gasteiger partial charge is 0.416 e. The molecule has 134 valence electrons. The number of aromatic amines is 1. The first-order valence-electron chi connectivity index (χ1n) is 7.51. The van der Waals surface area contributed by atoms with Gasteiger partial charge in [0, 0.05) is 28.7 Å². The number of nitrogens with one attached hydrogen (secondary N) is 2. The molecule has 0 bridgehead atoms. The third-order valence-corrected chi connectivity index (χ3v) is 4.22. The molecule has 26 heavy (non-hydrogen) atoms. The minimum absolute atomic E-state index is 0.00314. The topological polar surface area (TPSA) is 62.0 Å². The number of fused-ring (bicyclic) bond motifs is 1. The summed E-state index contributed by atoms with van der Waals surface area (Å²) in [4.78, 5) is 27.3. The van der Waals surface area contributed by atoms with Crippen LogP contribution in [0.25, 0.3) is 10.9 Å². The number of hydrogen-bond donors (Lipinski definition) is 2. The Labute approximate surface area is 150 Å². The van der Waals surface area contributed by atoms with Crippen molar-refractivity contribution >= 4 is 28.4 Å². The standard InChI is InChI=1S/C18H12ClF3N2O2/c19-14-4-2-1-3-10(14)8-24-17(26)13-9-23-15-7-11(18(20,21)22)5-6-12(15)16(13)25/h1-7,9H,8H2,(H,23,25)(H,24,26). The van der Waals surface area contributed by atoms with Crippen molar-refractivity contribution < 1.29 is 18.0 Å². The zero-order valence-electron chi connectivity index (χ0n) is 13.2. The molecule has 0 aliphatic carbocycles. The fourth-order valence-electron chi connectivity index (χ4n) is 2.48. The van der Waals surface area contributed by atoms with Crippen LogP contribution in [0.4, 0.5) is 13.2 Å². The van der Waals surface area contributed by atoms with Crippen LogP contribution in [0.15, 0.2) is 53.5 Å². The summed E-state index contributed by atoms with van der Waals surface area (Å²) in [6.07, 6.45) is -3.41. The van der Waals surface area contributed by atoms with Gasteiger partial charge in [-0.05, 0) is 29.8 Å². The third-order valence-electron chi connectivity index (χ3n) is 3.85. The van der Waals surface area contributed by atoms with Gasteiger partial charge in [-0.3, -0.25) is 9.59 Å². The average molecular weight is 381 g/mol. The van der Waals surface area contributed by atoms with E-state index in [1.807, 2.05) is 0 Å². The highest BCUT2D eigenvalue weighted by Crippen LogP contribution is 2.30. The molecule has 1 heterocycles. The van der Waals surface area contributed by atoms with Crippen LogP contribution in [0.3, 0.4) is 0 Å². The first kappa shape index (κ1) is 18.0. The lowest BCUT2D eigenvalue weighted by Gasteiger charge is -2.09. The van der Waals surface area contributed by atoms with Crippen molar-refractivity contribution in [2.75, 3.05) is 0 Å². The van der Waals surface area contributed by atoms with E-state index < -0.39 is 23.1 Å². The van der Waals surface area contributed by atoms with Crippen LogP contribution in [0, 0.1) is 0 Å². The Morgan fingerprint density at radius 3 is 2.58 bits per heavy atom. The molecule has 0 radical (unpaired) electrons. The Kier molecular flexibility index (Phi) is 4.73. The molecule has 0 unspecified atom stereocenters. The van der Waals surface area contributed by atoms with E-state index in [-0.39, 0.29) is 23.0 Å². The Morgan fingerprint density at radius 1 is 1.15 bits per heavy atom. The van der Waals surface area contributed by atoms with Gasteiger partial charge in [-0.25, -0.2) is 0 Å². The van der Waals surface area contributed by atoms with Crippen LogP contribution in [0.2, 0.25) is 5.02 Å². The van der Waals surface area contributed by atoms with Crippen molar-refractivity contribution in [3.63, 3.8) is 0 Å². The summed E-state index contributed by atoms with van der Waals surface area (Å²) >= 11 is 6.00. The molecule has 4 nitrogen and oxygen atoms in total. The number of halogens is 4. The zero-order valence-corrected chi connectivity index (χ0v) is 13.9. The number of rotatable bonds is 3. The molecule has 3 rings (SSSR count).